The Morgan fingerprint density at radius 3 is 1.40 bits per heavy atom. The Morgan fingerprint density at radius 2 is 0.930 bits per heavy atom. The molecule has 7 heteroatoms. The van der Waals surface area contributed by atoms with Gasteiger partial charge < -0.3 is 9.05 Å². The van der Waals surface area contributed by atoms with Crippen LogP contribution in [0.4, 0.5) is 0 Å². The van der Waals surface area contributed by atoms with E-state index < -0.39 is 22.8 Å². The summed E-state index contributed by atoms with van der Waals surface area (Å²) in [5.41, 5.74) is 5.94. The van der Waals surface area contributed by atoms with Crippen LogP contribution in [-0.2, 0) is 9.13 Å². The quantitative estimate of drug-likeness (QED) is 0.130. The molecule has 214 valence electrons. The van der Waals surface area contributed by atoms with Crippen molar-refractivity contribution in [3.63, 3.8) is 0 Å². The second kappa shape index (κ2) is 11.0. The van der Waals surface area contributed by atoms with E-state index in [0.29, 0.717) is 35.9 Å². The van der Waals surface area contributed by atoms with Crippen molar-refractivity contribution < 1.29 is 18.2 Å². The zero-order valence-electron chi connectivity index (χ0n) is 23.8. The van der Waals surface area contributed by atoms with Crippen LogP contribution in [-0.4, -0.2) is 20.4 Å². The molecule has 0 saturated heterocycles. The maximum absolute atomic E-state index is 14.8. The second-order valence-electron chi connectivity index (χ2n) is 11.2. The zero-order chi connectivity index (χ0) is 29.5. The Morgan fingerprint density at radius 1 is 0.535 bits per heavy atom. The molecule has 0 radical (unpaired) electrons. The van der Waals surface area contributed by atoms with E-state index in [0.717, 1.165) is 32.9 Å². The van der Waals surface area contributed by atoms with E-state index in [9.17, 15) is 9.13 Å². The summed E-state index contributed by atoms with van der Waals surface area (Å²) in [5, 5.41) is 2.71. The van der Waals surface area contributed by atoms with Gasteiger partial charge >= 0.3 is 0 Å². The third-order valence-corrected chi connectivity index (χ3v) is 19.1. The first kappa shape index (κ1) is 27.9. The molecule has 2 aliphatic heterocycles. The molecule has 0 fully saturated rings. The van der Waals surface area contributed by atoms with Crippen molar-refractivity contribution in [3.05, 3.63) is 140 Å². The molecule has 0 N–H and O–H groups in total. The maximum Gasteiger partial charge on any atom is 0.277 e. The summed E-state index contributed by atoms with van der Waals surface area (Å²) in [6.45, 7) is 4.34. The highest BCUT2D eigenvalue weighted by molar-refractivity contribution is 7.68. The normalized spacial score (nSPS) is 21.0. The standard InChI is InChI=1S/C36H32O4P2Si/c1-2-43(28-14-4-3-5-15-28,26-24-41(37)35-22-12-8-18-31(35)29-16-6-10-20-33(29)39-41)27-25-42(38)36-23-13-9-19-32(36)30-17-7-11-21-34(30)40-42/h2-23H,1,24-27H2. The molecule has 0 bridgehead atoms. The molecule has 2 aliphatic rings. The lowest BCUT2D eigenvalue weighted by Gasteiger charge is -2.35. The van der Waals surface area contributed by atoms with Gasteiger partial charge in [-0.3, -0.25) is 9.13 Å². The van der Waals surface area contributed by atoms with Crippen LogP contribution < -0.4 is 24.8 Å². The third-order valence-electron chi connectivity index (χ3n) is 8.83. The van der Waals surface area contributed by atoms with Gasteiger partial charge in [0.2, 0.25) is 0 Å². The minimum Gasteiger partial charge on any atom is -0.439 e. The lowest BCUT2D eigenvalue weighted by Crippen LogP contribution is -2.48. The smallest absolute Gasteiger partial charge is 0.277 e. The number of hydrogen-bond donors (Lipinski definition) is 0. The minimum atomic E-state index is -3.25. The van der Waals surface area contributed by atoms with E-state index in [1.165, 1.54) is 5.19 Å². The van der Waals surface area contributed by atoms with Crippen LogP contribution in [0.2, 0.25) is 12.1 Å². The highest BCUT2D eigenvalue weighted by atomic mass is 31.2. The summed E-state index contributed by atoms with van der Waals surface area (Å²) < 4.78 is 42.3. The van der Waals surface area contributed by atoms with Gasteiger partial charge in [-0.2, -0.15) is 0 Å². The lowest BCUT2D eigenvalue weighted by atomic mass is 10.0. The van der Waals surface area contributed by atoms with Crippen LogP contribution in [0.15, 0.2) is 140 Å². The highest BCUT2D eigenvalue weighted by Crippen LogP contribution is 2.57. The van der Waals surface area contributed by atoms with Crippen molar-refractivity contribution in [2.75, 3.05) is 12.3 Å². The van der Waals surface area contributed by atoms with E-state index >= 15 is 0 Å². The molecule has 2 heterocycles. The van der Waals surface area contributed by atoms with Gasteiger partial charge in [-0.05, 0) is 47.5 Å². The van der Waals surface area contributed by atoms with Crippen LogP contribution in [0, 0.1) is 0 Å². The van der Waals surface area contributed by atoms with Gasteiger partial charge in [0, 0.05) is 23.5 Å². The fourth-order valence-electron chi connectivity index (χ4n) is 6.48. The molecule has 2 atom stereocenters. The van der Waals surface area contributed by atoms with E-state index in [4.69, 9.17) is 9.05 Å². The molecule has 5 aromatic rings. The molecule has 0 spiro atoms. The van der Waals surface area contributed by atoms with E-state index in [1.807, 2.05) is 115 Å². The summed E-state index contributed by atoms with van der Waals surface area (Å²) in [5.74, 6) is 1.32. The average Bonchev–Trinajstić information content (AvgIpc) is 3.06. The van der Waals surface area contributed by atoms with Crippen molar-refractivity contribution in [1.29, 1.82) is 0 Å². The van der Waals surface area contributed by atoms with E-state index in [2.05, 4.69) is 24.4 Å². The molecule has 0 saturated carbocycles. The molecule has 4 nitrogen and oxygen atoms in total. The van der Waals surface area contributed by atoms with Crippen LogP contribution in [0.5, 0.6) is 11.5 Å². The van der Waals surface area contributed by atoms with Gasteiger partial charge in [-0.15, -0.1) is 6.58 Å². The number of fused-ring (bicyclic) bond motifs is 6. The highest BCUT2D eigenvalue weighted by Gasteiger charge is 2.43. The lowest BCUT2D eigenvalue weighted by molar-refractivity contribution is 0.492. The van der Waals surface area contributed by atoms with E-state index in [1.54, 1.807) is 0 Å². The molecule has 43 heavy (non-hydrogen) atoms. The molecule has 5 aromatic carbocycles. The molecule has 2 unspecified atom stereocenters. The van der Waals surface area contributed by atoms with Gasteiger partial charge in [0.05, 0.1) is 10.6 Å². The van der Waals surface area contributed by atoms with Gasteiger partial charge in [0.25, 0.3) is 14.7 Å². The van der Waals surface area contributed by atoms with Crippen molar-refractivity contribution in [2.45, 2.75) is 12.1 Å². The Kier molecular flexibility index (Phi) is 7.14. The topological polar surface area (TPSA) is 52.6 Å². The monoisotopic (exact) mass is 618 g/mol. The summed E-state index contributed by atoms with van der Waals surface area (Å²) in [7, 11) is -9.07. The van der Waals surface area contributed by atoms with Crippen LogP contribution in [0.1, 0.15) is 0 Å². The second-order valence-corrected chi connectivity index (χ2v) is 20.4. The van der Waals surface area contributed by atoms with Gasteiger partial charge in [0.15, 0.2) is 0 Å². The Labute approximate surface area is 254 Å². The molecule has 0 amide bonds. The van der Waals surface area contributed by atoms with Gasteiger partial charge in [0.1, 0.15) is 19.6 Å². The van der Waals surface area contributed by atoms with Crippen LogP contribution in [0.3, 0.4) is 0 Å². The summed E-state index contributed by atoms with van der Waals surface area (Å²) in [6.07, 6.45) is 0.742. The van der Waals surface area contributed by atoms with Crippen LogP contribution in [0.25, 0.3) is 22.3 Å². The maximum atomic E-state index is 14.8. The largest absolute Gasteiger partial charge is 0.439 e. The number of benzene rings is 5. The summed E-state index contributed by atoms with van der Waals surface area (Å²) in [4.78, 5) is 0. The van der Waals surface area contributed by atoms with Gasteiger partial charge in [-0.1, -0.05) is 114 Å². The Hall–Kier alpha value is -3.88. The number of hydrogen-bond acceptors (Lipinski definition) is 4. The predicted molar refractivity (Wildman–Crippen MR) is 181 cm³/mol. The molecular formula is C36H32O4P2Si. The average molecular weight is 619 g/mol. The Balaban J connectivity index is 1.24. The minimum absolute atomic E-state index is 0.371. The predicted octanol–water partition coefficient (Wildman–Crippen LogP) is 8.39. The van der Waals surface area contributed by atoms with Crippen molar-refractivity contribution in [2.24, 2.45) is 0 Å². The van der Waals surface area contributed by atoms with Crippen molar-refractivity contribution in [3.8, 4) is 33.8 Å². The number of para-hydroxylation sites is 2. The molecule has 7 rings (SSSR count). The SMILES string of the molecule is C=C[Si](CCP1(=O)Oc2ccccc2-c2ccccc21)(CCP1(=O)Oc2ccccc2-c2ccccc21)c1ccccc1. The molecule has 0 aliphatic carbocycles. The molecule has 0 aromatic heterocycles. The van der Waals surface area contributed by atoms with Crippen LogP contribution >= 0.6 is 14.7 Å². The fourth-order valence-corrected chi connectivity index (χ4v) is 17.9. The van der Waals surface area contributed by atoms with Crippen molar-refractivity contribution >= 4 is 38.6 Å². The number of rotatable bonds is 8. The third kappa shape index (κ3) is 4.86. The van der Waals surface area contributed by atoms with Gasteiger partial charge in [-0.25, -0.2) is 0 Å². The fraction of sp³-hybridized carbons (Fsp3) is 0.111. The zero-order valence-corrected chi connectivity index (χ0v) is 26.6. The Bertz CT molecular complexity index is 1820. The van der Waals surface area contributed by atoms with Crippen molar-refractivity contribution in [1.82, 2.24) is 0 Å². The van der Waals surface area contributed by atoms with E-state index in [-0.39, 0.29) is 0 Å². The molecular weight excluding hydrogens is 586 g/mol. The first-order valence-electron chi connectivity index (χ1n) is 14.6. The summed E-state index contributed by atoms with van der Waals surface area (Å²) in [6, 6.07) is 43.0. The first-order valence-corrected chi connectivity index (χ1v) is 20.7. The first-order chi connectivity index (χ1) is 20.9. The summed E-state index contributed by atoms with van der Waals surface area (Å²) >= 11 is 0.